The molecule has 6 nitrogen and oxygen atoms in total. The van der Waals surface area contributed by atoms with Gasteiger partial charge in [-0.05, 0) is 36.8 Å². The molecule has 1 heterocycles. The first-order valence-electron chi connectivity index (χ1n) is 6.09. The van der Waals surface area contributed by atoms with Gasteiger partial charge in [-0.25, -0.2) is 8.42 Å². The van der Waals surface area contributed by atoms with Gasteiger partial charge in [0.05, 0.1) is 16.8 Å². The number of nitrogens with two attached hydrogens (primary N) is 1. The smallest absolute Gasteiger partial charge is 0.255 e. The fraction of sp³-hybridized carbons (Fsp3) is 0.143. The number of nitrogen functional groups attached to an aromatic ring is 1. The van der Waals surface area contributed by atoms with E-state index in [0.717, 1.165) is 11.8 Å². The van der Waals surface area contributed by atoms with E-state index in [1.54, 1.807) is 12.3 Å². The molecular formula is C14H15N3O3S. The summed E-state index contributed by atoms with van der Waals surface area (Å²) in [4.78, 5) is 16.1. The molecule has 0 atom stereocenters. The van der Waals surface area contributed by atoms with Crippen molar-refractivity contribution in [2.24, 2.45) is 0 Å². The summed E-state index contributed by atoms with van der Waals surface area (Å²) >= 11 is 0. The van der Waals surface area contributed by atoms with Crippen molar-refractivity contribution in [1.82, 2.24) is 4.98 Å². The number of anilines is 2. The van der Waals surface area contributed by atoms with Gasteiger partial charge in [0, 0.05) is 23.7 Å². The average Bonchev–Trinajstić information content (AvgIpc) is 2.37. The van der Waals surface area contributed by atoms with Crippen LogP contribution in [0.1, 0.15) is 15.9 Å². The van der Waals surface area contributed by atoms with E-state index >= 15 is 0 Å². The second-order valence-electron chi connectivity index (χ2n) is 4.77. The molecule has 110 valence electrons. The predicted molar refractivity (Wildman–Crippen MR) is 80.9 cm³/mol. The maximum absolute atomic E-state index is 12.2. The highest BCUT2D eigenvalue weighted by molar-refractivity contribution is 7.90. The standard InChI is InChI=1S/C14H15N3O3S/c1-9-3-12(8-16-7-9)17-14(18)10-4-11(15)6-13(5-10)21(2,19)20/h3-8H,15H2,1-2H3,(H,17,18). The topological polar surface area (TPSA) is 102 Å². The molecule has 0 spiro atoms. The number of pyridine rings is 1. The highest BCUT2D eigenvalue weighted by Crippen LogP contribution is 2.18. The molecule has 1 aromatic heterocycles. The summed E-state index contributed by atoms with van der Waals surface area (Å²) in [5.41, 5.74) is 7.48. The van der Waals surface area contributed by atoms with Gasteiger partial charge in [0.2, 0.25) is 0 Å². The van der Waals surface area contributed by atoms with Gasteiger partial charge in [-0.2, -0.15) is 0 Å². The number of benzene rings is 1. The molecule has 0 bridgehead atoms. The zero-order valence-electron chi connectivity index (χ0n) is 11.6. The summed E-state index contributed by atoms with van der Waals surface area (Å²) in [6.07, 6.45) is 4.24. The number of hydrogen-bond donors (Lipinski definition) is 2. The first-order valence-corrected chi connectivity index (χ1v) is 7.98. The third kappa shape index (κ3) is 3.79. The number of hydrogen-bond acceptors (Lipinski definition) is 5. The average molecular weight is 305 g/mol. The molecule has 0 aliphatic heterocycles. The molecule has 0 aliphatic carbocycles. The van der Waals surface area contributed by atoms with Crippen LogP contribution in [0, 0.1) is 6.92 Å². The van der Waals surface area contributed by atoms with Crippen molar-refractivity contribution in [3.05, 3.63) is 47.8 Å². The van der Waals surface area contributed by atoms with Crippen LogP contribution in [0.3, 0.4) is 0 Å². The summed E-state index contributed by atoms with van der Waals surface area (Å²) in [5.74, 6) is -0.445. The summed E-state index contributed by atoms with van der Waals surface area (Å²) in [6, 6.07) is 5.80. The van der Waals surface area contributed by atoms with Crippen molar-refractivity contribution in [3.63, 3.8) is 0 Å². The molecule has 0 unspecified atom stereocenters. The van der Waals surface area contributed by atoms with Crippen molar-refractivity contribution in [3.8, 4) is 0 Å². The number of aryl methyl sites for hydroxylation is 1. The van der Waals surface area contributed by atoms with Gasteiger partial charge in [0.1, 0.15) is 0 Å². The lowest BCUT2D eigenvalue weighted by molar-refractivity contribution is 0.102. The quantitative estimate of drug-likeness (QED) is 0.839. The van der Waals surface area contributed by atoms with Gasteiger partial charge in [-0.3, -0.25) is 9.78 Å². The lowest BCUT2D eigenvalue weighted by atomic mass is 10.2. The van der Waals surface area contributed by atoms with Gasteiger partial charge < -0.3 is 11.1 Å². The van der Waals surface area contributed by atoms with Crippen molar-refractivity contribution in [2.75, 3.05) is 17.3 Å². The number of rotatable bonds is 3. The Morgan fingerprint density at radius 1 is 1.19 bits per heavy atom. The maximum Gasteiger partial charge on any atom is 0.255 e. The minimum atomic E-state index is -3.43. The molecular weight excluding hydrogens is 290 g/mol. The molecule has 0 saturated heterocycles. The summed E-state index contributed by atoms with van der Waals surface area (Å²) in [6.45, 7) is 1.85. The van der Waals surface area contributed by atoms with E-state index in [-0.39, 0.29) is 16.1 Å². The minimum Gasteiger partial charge on any atom is -0.399 e. The van der Waals surface area contributed by atoms with Crippen LogP contribution in [0.15, 0.2) is 41.6 Å². The van der Waals surface area contributed by atoms with Gasteiger partial charge >= 0.3 is 0 Å². The number of carbonyl (C=O) groups excluding carboxylic acids is 1. The third-order valence-corrected chi connectivity index (χ3v) is 3.84. The molecule has 1 aromatic carbocycles. The van der Waals surface area contributed by atoms with Gasteiger partial charge in [-0.1, -0.05) is 0 Å². The van der Waals surface area contributed by atoms with E-state index in [1.165, 1.54) is 24.4 Å². The summed E-state index contributed by atoms with van der Waals surface area (Å²) in [5, 5.41) is 2.65. The lowest BCUT2D eigenvalue weighted by Crippen LogP contribution is -2.13. The van der Waals surface area contributed by atoms with E-state index in [9.17, 15) is 13.2 Å². The van der Waals surface area contributed by atoms with Crippen LogP contribution < -0.4 is 11.1 Å². The number of nitrogens with one attached hydrogen (secondary N) is 1. The van der Waals surface area contributed by atoms with Crippen molar-refractivity contribution in [1.29, 1.82) is 0 Å². The predicted octanol–water partition coefficient (Wildman–Crippen LogP) is 1.63. The number of sulfone groups is 1. The van der Waals surface area contributed by atoms with Crippen LogP contribution in [0.4, 0.5) is 11.4 Å². The van der Waals surface area contributed by atoms with Gasteiger partial charge in [-0.15, -0.1) is 0 Å². The second-order valence-corrected chi connectivity index (χ2v) is 6.78. The SMILES string of the molecule is Cc1cncc(NC(=O)c2cc(N)cc(S(C)(=O)=O)c2)c1. The Labute approximate surface area is 122 Å². The van der Waals surface area contributed by atoms with Crippen LogP contribution in [0.5, 0.6) is 0 Å². The van der Waals surface area contributed by atoms with Crippen LogP contribution in [0.25, 0.3) is 0 Å². The number of carbonyl (C=O) groups is 1. The van der Waals surface area contributed by atoms with Crippen molar-refractivity contribution >= 4 is 27.1 Å². The lowest BCUT2D eigenvalue weighted by Gasteiger charge is -2.08. The van der Waals surface area contributed by atoms with Crippen molar-refractivity contribution in [2.45, 2.75) is 11.8 Å². The molecule has 7 heteroatoms. The Bertz CT molecular complexity index is 801. The van der Waals surface area contributed by atoms with Crippen LogP contribution >= 0.6 is 0 Å². The molecule has 3 N–H and O–H groups in total. The highest BCUT2D eigenvalue weighted by atomic mass is 32.2. The van der Waals surface area contributed by atoms with Crippen LogP contribution in [0.2, 0.25) is 0 Å². The number of nitrogens with zero attached hydrogens (tertiary/aromatic N) is 1. The molecule has 21 heavy (non-hydrogen) atoms. The molecule has 2 rings (SSSR count). The highest BCUT2D eigenvalue weighted by Gasteiger charge is 2.14. The molecule has 2 aromatic rings. The fourth-order valence-electron chi connectivity index (χ4n) is 1.79. The fourth-order valence-corrected chi connectivity index (χ4v) is 2.49. The summed E-state index contributed by atoms with van der Waals surface area (Å²) < 4.78 is 23.1. The molecule has 1 amide bonds. The van der Waals surface area contributed by atoms with E-state index in [1.807, 2.05) is 6.92 Å². The number of aromatic nitrogens is 1. The molecule has 0 radical (unpaired) electrons. The van der Waals surface area contributed by atoms with Gasteiger partial charge in [0.25, 0.3) is 5.91 Å². The second kappa shape index (κ2) is 5.53. The Kier molecular flexibility index (Phi) is 3.95. The van der Waals surface area contributed by atoms with E-state index in [4.69, 9.17) is 5.73 Å². The number of amides is 1. The molecule has 0 aliphatic rings. The Morgan fingerprint density at radius 2 is 1.90 bits per heavy atom. The first-order chi connectivity index (χ1) is 9.75. The zero-order valence-corrected chi connectivity index (χ0v) is 12.4. The summed E-state index contributed by atoms with van der Waals surface area (Å²) in [7, 11) is -3.43. The van der Waals surface area contributed by atoms with Crippen LogP contribution in [-0.4, -0.2) is 25.6 Å². The van der Waals surface area contributed by atoms with E-state index < -0.39 is 15.7 Å². The monoisotopic (exact) mass is 305 g/mol. The van der Waals surface area contributed by atoms with Crippen molar-refractivity contribution < 1.29 is 13.2 Å². The van der Waals surface area contributed by atoms with Crippen LogP contribution in [-0.2, 0) is 9.84 Å². The Hall–Kier alpha value is -2.41. The van der Waals surface area contributed by atoms with E-state index in [2.05, 4.69) is 10.3 Å². The molecule has 0 fully saturated rings. The third-order valence-electron chi connectivity index (χ3n) is 2.75. The zero-order chi connectivity index (χ0) is 15.6. The normalized spacial score (nSPS) is 11.1. The molecule has 0 saturated carbocycles. The maximum atomic E-state index is 12.2. The first kappa shape index (κ1) is 15.0. The van der Waals surface area contributed by atoms with E-state index in [0.29, 0.717) is 5.69 Å². The largest absolute Gasteiger partial charge is 0.399 e. The Balaban J connectivity index is 2.33. The van der Waals surface area contributed by atoms with Gasteiger partial charge in [0.15, 0.2) is 9.84 Å². The Morgan fingerprint density at radius 3 is 2.52 bits per heavy atom. The minimum absolute atomic E-state index is 0.00928.